The molecule has 146 valence electrons. The summed E-state index contributed by atoms with van der Waals surface area (Å²) in [6.07, 6.45) is 0.842. The molecule has 5 rings (SSSR count). The molecular formula is C19H17F2N3O4. The van der Waals surface area contributed by atoms with E-state index >= 15 is 0 Å². The maximum Gasteiger partial charge on any atom is 0.262 e. The molecule has 1 aromatic rings. The molecule has 3 aliphatic heterocycles. The predicted octanol–water partition coefficient (Wildman–Crippen LogP) is 0.689. The number of halogens is 2. The van der Waals surface area contributed by atoms with Crippen LogP contribution in [0.15, 0.2) is 6.07 Å². The Morgan fingerprint density at radius 2 is 1.75 bits per heavy atom. The summed E-state index contributed by atoms with van der Waals surface area (Å²) >= 11 is 0. The molecule has 3 unspecified atom stereocenters. The fraction of sp³-hybridized carbons (Fsp3) is 0.474. The Balaban J connectivity index is 1.60. The SMILES string of the molecule is O=C1CCC(N2C(=O)c3cc(F)c(F)c(C4C5CNCC4C5)c3C2=O)C(=O)N1. The number of carbonyl (C=O) groups is 4. The first-order valence-electron chi connectivity index (χ1n) is 9.32. The Labute approximate surface area is 158 Å². The normalized spacial score (nSPS) is 31.6. The fourth-order valence-corrected chi connectivity index (χ4v) is 5.13. The van der Waals surface area contributed by atoms with Crippen LogP contribution >= 0.6 is 0 Å². The highest BCUT2D eigenvalue weighted by molar-refractivity contribution is 6.24. The fourth-order valence-electron chi connectivity index (χ4n) is 5.13. The zero-order valence-electron chi connectivity index (χ0n) is 14.8. The average Bonchev–Trinajstić information content (AvgIpc) is 2.90. The third-order valence-corrected chi connectivity index (χ3v) is 6.43. The van der Waals surface area contributed by atoms with Crippen LogP contribution < -0.4 is 10.6 Å². The summed E-state index contributed by atoms with van der Waals surface area (Å²) in [6.45, 7) is 1.29. The van der Waals surface area contributed by atoms with Gasteiger partial charge < -0.3 is 5.32 Å². The highest BCUT2D eigenvalue weighted by atomic mass is 19.2. The van der Waals surface area contributed by atoms with Gasteiger partial charge in [0.15, 0.2) is 11.6 Å². The van der Waals surface area contributed by atoms with Crippen LogP contribution in [0, 0.1) is 23.5 Å². The van der Waals surface area contributed by atoms with Crippen molar-refractivity contribution in [1.29, 1.82) is 0 Å². The number of hydrogen-bond donors (Lipinski definition) is 2. The number of amides is 4. The molecule has 1 saturated carbocycles. The lowest BCUT2D eigenvalue weighted by Gasteiger charge is -2.50. The van der Waals surface area contributed by atoms with Crippen molar-refractivity contribution in [2.45, 2.75) is 31.2 Å². The van der Waals surface area contributed by atoms with Crippen LogP contribution in [0.4, 0.5) is 8.78 Å². The lowest BCUT2D eigenvalue weighted by atomic mass is 9.58. The van der Waals surface area contributed by atoms with E-state index in [1.165, 1.54) is 0 Å². The first kappa shape index (κ1) is 17.4. The summed E-state index contributed by atoms with van der Waals surface area (Å²) in [7, 11) is 0. The van der Waals surface area contributed by atoms with Gasteiger partial charge in [-0.05, 0) is 49.8 Å². The zero-order valence-corrected chi connectivity index (χ0v) is 14.8. The van der Waals surface area contributed by atoms with E-state index in [9.17, 15) is 28.0 Å². The van der Waals surface area contributed by atoms with Crippen LogP contribution in [0.25, 0.3) is 0 Å². The smallest absolute Gasteiger partial charge is 0.262 e. The number of benzene rings is 1. The van der Waals surface area contributed by atoms with Crippen LogP contribution in [0.3, 0.4) is 0 Å². The van der Waals surface area contributed by atoms with Gasteiger partial charge in [-0.1, -0.05) is 0 Å². The van der Waals surface area contributed by atoms with Crippen LogP contribution in [0.1, 0.15) is 51.5 Å². The van der Waals surface area contributed by atoms with Gasteiger partial charge in [-0.25, -0.2) is 8.78 Å². The van der Waals surface area contributed by atoms with Gasteiger partial charge in [0.05, 0.1) is 11.1 Å². The molecule has 0 aromatic heterocycles. The highest BCUT2D eigenvalue weighted by Gasteiger charge is 2.52. The van der Waals surface area contributed by atoms with Crippen molar-refractivity contribution in [2.75, 3.05) is 13.1 Å². The minimum atomic E-state index is -1.17. The van der Waals surface area contributed by atoms with E-state index in [4.69, 9.17) is 0 Å². The predicted molar refractivity (Wildman–Crippen MR) is 90.2 cm³/mol. The van der Waals surface area contributed by atoms with Crippen molar-refractivity contribution in [2.24, 2.45) is 11.8 Å². The molecule has 4 aliphatic rings. The van der Waals surface area contributed by atoms with E-state index in [1.807, 2.05) is 0 Å². The molecule has 3 heterocycles. The molecule has 2 bridgehead atoms. The largest absolute Gasteiger partial charge is 0.316 e. The van der Waals surface area contributed by atoms with Crippen LogP contribution in [0.2, 0.25) is 0 Å². The molecule has 1 aliphatic carbocycles. The molecular weight excluding hydrogens is 372 g/mol. The molecule has 3 fully saturated rings. The van der Waals surface area contributed by atoms with Crippen molar-refractivity contribution < 1.29 is 28.0 Å². The molecule has 2 saturated heterocycles. The lowest BCUT2D eigenvalue weighted by molar-refractivity contribution is -0.136. The first-order valence-corrected chi connectivity index (χ1v) is 9.32. The number of nitrogens with zero attached hydrogens (tertiary/aromatic N) is 1. The standard InChI is InChI=1S/C19H17F2N3O4/c20-10-4-9-14(15(16(10)21)13-7-3-8(13)6-22-5-7)19(28)24(18(9)27)11-1-2-12(25)23-17(11)26/h4,7-8,11,13,22H,1-3,5-6H2,(H,23,25,26). The monoisotopic (exact) mass is 389 g/mol. The number of rotatable bonds is 2. The van der Waals surface area contributed by atoms with E-state index in [0.29, 0.717) is 13.1 Å². The molecule has 2 N–H and O–H groups in total. The van der Waals surface area contributed by atoms with Crippen molar-refractivity contribution in [1.82, 2.24) is 15.5 Å². The summed E-state index contributed by atoms with van der Waals surface area (Å²) in [5, 5.41) is 5.32. The summed E-state index contributed by atoms with van der Waals surface area (Å²) in [4.78, 5) is 50.3. The molecule has 7 nitrogen and oxygen atoms in total. The van der Waals surface area contributed by atoms with Crippen molar-refractivity contribution in [3.05, 3.63) is 34.4 Å². The maximum atomic E-state index is 14.8. The van der Waals surface area contributed by atoms with E-state index < -0.39 is 41.3 Å². The van der Waals surface area contributed by atoms with E-state index in [-0.39, 0.29) is 47.3 Å². The van der Waals surface area contributed by atoms with Crippen molar-refractivity contribution in [3.63, 3.8) is 0 Å². The Hall–Kier alpha value is -2.68. The van der Waals surface area contributed by atoms with Gasteiger partial charge in [0.1, 0.15) is 6.04 Å². The highest BCUT2D eigenvalue weighted by Crippen LogP contribution is 2.52. The van der Waals surface area contributed by atoms with Crippen LogP contribution in [-0.2, 0) is 9.59 Å². The summed E-state index contributed by atoms with van der Waals surface area (Å²) < 4.78 is 29.2. The van der Waals surface area contributed by atoms with Gasteiger partial charge in [0.25, 0.3) is 11.8 Å². The molecule has 0 spiro atoms. The third kappa shape index (κ3) is 2.22. The minimum Gasteiger partial charge on any atom is -0.316 e. The van der Waals surface area contributed by atoms with Gasteiger partial charge in [-0.2, -0.15) is 0 Å². The Morgan fingerprint density at radius 1 is 1.04 bits per heavy atom. The molecule has 4 amide bonds. The van der Waals surface area contributed by atoms with Gasteiger partial charge in [0.2, 0.25) is 11.8 Å². The number of nitrogens with one attached hydrogen (secondary N) is 2. The number of piperidine rings is 3. The van der Waals surface area contributed by atoms with Crippen molar-refractivity contribution >= 4 is 23.6 Å². The molecule has 9 heteroatoms. The van der Waals surface area contributed by atoms with Gasteiger partial charge >= 0.3 is 0 Å². The van der Waals surface area contributed by atoms with Gasteiger partial charge in [-0.15, -0.1) is 0 Å². The van der Waals surface area contributed by atoms with Crippen molar-refractivity contribution in [3.8, 4) is 0 Å². The second-order valence-electron chi connectivity index (χ2n) is 7.90. The molecule has 1 aromatic carbocycles. The lowest BCUT2D eigenvalue weighted by Crippen LogP contribution is -2.54. The van der Waals surface area contributed by atoms with Crippen LogP contribution in [0.5, 0.6) is 0 Å². The summed E-state index contributed by atoms with van der Waals surface area (Å²) in [6, 6.07) is -0.417. The first-order chi connectivity index (χ1) is 13.4. The number of fused-ring (bicyclic) bond motifs is 3. The second-order valence-corrected chi connectivity index (χ2v) is 7.90. The topological polar surface area (TPSA) is 95.6 Å². The number of imide groups is 2. The number of carbonyl (C=O) groups excluding carboxylic acids is 4. The van der Waals surface area contributed by atoms with E-state index in [0.717, 1.165) is 17.4 Å². The number of hydrogen-bond acceptors (Lipinski definition) is 5. The summed E-state index contributed by atoms with van der Waals surface area (Å²) in [5.74, 6) is -5.28. The van der Waals surface area contributed by atoms with Crippen LogP contribution in [-0.4, -0.2) is 47.7 Å². The third-order valence-electron chi connectivity index (χ3n) is 6.43. The van der Waals surface area contributed by atoms with Gasteiger partial charge in [-0.3, -0.25) is 29.4 Å². The maximum absolute atomic E-state index is 14.8. The van der Waals surface area contributed by atoms with E-state index in [1.54, 1.807) is 0 Å². The Morgan fingerprint density at radius 3 is 2.39 bits per heavy atom. The minimum absolute atomic E-state index is 0.00493. The van der Waals surface area contributed by atoms with E-state index in [2.05, 4.69) is 10.6 Å². The second kappa shape index (κ2) is 5.91. The molecule has 28 heavy (non-hydrogen) atoms. The molecule has 0 radical (unpaired) electrons. The zero-order chi connectivity index (χ0) is 19.7. The molecule has 3 atom stereocenters. The average molecular weight is 389 g/mol. The Bertz CT molecular complexity index is 949. The quantitative estimate of drug-likeness (QED) is 0.726. The Kier molecular flexibility index (Phi) is 3.67. The summed E-state index contributed by atoms with van der Waals surface area (Å²) in [5.41, 5.74) is -0.373. The van der Waals surface area contributed by atoms with Gasteiger partial charge in [0, 0.05) is 12.0 Å².